The lowest BCUT2D eigenvalue weighted by Gasteiger charge is -2.19. The third-order valence-electron chi connectivity index (χ3n) is 3.26. The number of carbonyl (C=O) groups excluding carboxylic acids is 4. The molecule has 0 aliphatic rings. The molecule has 7 N–H and O–H groups in total. The Hall–Kier alpha value is -2.89. The number of carboxylic acid groups (broad SMARTS) is 1. The van der Waals surface area contributed by atoms with E-state index in [1.807, 2.05) is 0 Å². The van der Waals surface area contributed by atoms with Crippen molar-refractivity contribution >= 4 is 29.8 Å². The van der Waals surface area contributed by atoms with E-state index in [0.717, 1.165) is 0 Å². The smallest absolute Gasteiger partial charge is 0.408 e. The summed E-state index contributed by atoms with van der Waals surface area (Å²) in [6.45, 7) is 4.21. The molecule has 4 amide bonds. The molecule has 166 valence electrons. The summed E-state index contributed by atoms with van der Waals surface area (Å²) in [6.07, 6.45) is 0.642. The molecule has 0 aromatic rings. The maximum absolute atomic E-state index is 11.8. The van der Waals surface area contributed by atoms with E-state index in [9.17, 15) is 24.0 Å². The summed E-state index contributed by atoms with van der Waals surface area (Å²) in [7, 11) is 0. The van der Waals surface area contributed by atoms with Gasteiger partial charge in [0.15, 0.2) is 0 Å². The molecule has 0 aromatic heterocycles. The van der Waals surface area contributed by atoms with Gasteiger partial charge in [-0.05, 0) is 46.6 Å². The number of aliphatic carboxylic acids is 1. The van der Waals surface area contributed by atoms with Crippen LogP contribution >= 0.6 is 0 Å². The number of rotatable bonds is 12. The summed E-state index contributed by atoms with van der Waals surface area (Å²) in [5.74, 6) is -3.12. The number of amides is 4. The molecule has 29 heavy (non-hydrogen) atoms. The van der Waals surface area contributed by atoms with Crippen molar-refractivity contribution in [2.45, 2.75) is 51.7 Å². The normalized spacial score (nSPS) is 11.7. The van der Waals surface area contributed by atoms with Crippen molar-refractivity contribution in [2.75, 3.05) is 26.2 Å². The van der Waals surface area contributed by atoms with E-state index in [4.69, 9.17) is 15.6 Å². The summed E-state index contributed by atoms with van der Waals surface area (Å²) in [6, 6.07) is -1.07. The molecule has 0 heterocycles. The quantitative estimate of drug-likeness (QED) is 0.206. The Labute approximate surface area is 169 Å². The second-order valence-electron chi connectivity index (χ2n) is 7.15. The predicted molar refractivity (Wildman–Crippen MR) is 103 cm³/mol. The second kappa shape index (κ2) is 13.3. The SMILES string of the molecule is CC(C)(C)OC(=O)NCC(=O)NCC(=O)NCC(=O)N[C@@H](CCCCN)C(=O)O. The fraction of sp³-hybridized carbons (Fsp3) is 0.706. The minimum atomic E-state index is -1.17. The number of carbonyl (C=O) groups is 5. The van der Waals surface area contributed by atoms with E-state index >= 15 is 0 Å². The monoisotopic (exact) mass is 417 g/mol. The fourth-order valence-corrected chi connectivity index (χ4v) is 1.94. The van der Waals surface area contributed by atoms with Crippen LogP contribution in [0.25, 0.3) is 0 Å². The van der Waals surface area contributed by atoms with Crippen molar-refractivity contribution in [2.24, 2.45) is 5.73 Å². The number of nitrogens with one attached hydrogen (secondary N) is 4. The maximum Gasteiger partial charge on any atom is 0.408 e. The van der Waals surface area contributed by atoms with Crippen molar-refractivity contribution < 1.29 is 33.8 Å². The molecule has 0 aromatic carbocycles. The molecule has 0 fully saturated rings. The minimum absolute atomic E-state index is 0.229. The summed E-state index contributed by atoms with van der Waals surface area (Å²) in [4.78, 5) is 57.5. The Kier molecular flexibility index (Phi) is 12.0. The topological polar surface area (TPSA) is 189 Å². The summed E-state index contributed by atoms with van der Waals surface area (Å²) < 4.78 is 4.96. The molecular formula is C17H31N5O7. The average Bonchev–Trinajstić information content (AvgIpc) is 2.60. The highest BCUT2D eigenvalue weighted by Gasteiger charge is 2.20. The van der Waals surface area contributed by atoms with Crippen LogP contribution in [0.5, 0.6) is 0 Å². The third-order valence-corrected chi connectivity index (χ3v) is 3.26. The van der Waals surface area contributed by atoms with Gasteiger partial charge in [0.25, 0.3) is 0 Å². The first kappa shape index (κ1) is 26.1. The lowest BCUT2D eigenvalue weighted by Crippen LogP contribution is -2.47. The first-order valence-corrected chi connectivity index (χ1v) is 9.17. The van der Waals surface area contributed by atoms with E-state index in [1.165, 1.54) is 0 Å². The Morgan fingerprint density at radius 3 is 1.90 bits per heavy atom. The van der Waals surface area contributed by atoms with Gasteiger partial charge in [0.05, 0.1) is 13.1 Å². The van der Waals surface area contributed by atoms with Gasteiger partial charge in [-0.3, -0.25) is 14.4 Å². The standard InChI is InChI=1S/C17H31N5O7/c1-17(2,3)29-16(28)21-9-13(24)19-8-12(23)20-10-14(25)22-11(15(26)27)6-4-5-7-18/h11H,4-10,18H2,1-3H3,(H,19,24)(H,20,23)(H,21,28)(H,22,25)(H,26,27)/t11-/m0/s1. The molecule has 1 atom stereocenters. The third kappa shape index (κ3) is 14.8. The van der Waals surface area contributed by atoms with E-state index < -0.39 is 54.5 Å². The van der Waals surface area contributed by atoms with Crippen LogP contribution in [0.4, 0.5) is 4.79 Å². The maximum atomic E-state index is 11.8. The van der Waals surface area contributed by atoms with Crippen LogP contribution in [-0.4, -0.2) is 72.7 Å². The number of nitrogens with two attached hydrogens (primary N) is 1. The highest BCUT2D eigenvalue weighted by Crippen LogP contribution is 2.06. The molecule has 0 spiro atoms. The number of alkyl carbamates (subject to hydrolysis) is 1. The van der Waals surface area contributed by atoms with E-state index in [-0.39, 0.29) is 13.0 Å². The van der Waals surface area contributed by atoms with Crippen LogP contribution in [0.3, 0.4) is 0 Å². The number of unbranched alkanes of at least 4 members (excludes halogenated alkanes) is 1. The highest BCUT2D eigenvalue weighted by molar-refractivity contribution is 5.90. The van der Waals surface area contributed by atoms with Gasteiger partial charge in [-0.2, -0.15) is 0 Å². The molecule has 0 saturated heterocycles. The highest BCUT2D eigenvalue weighted by atomic mass is 16.6. The van der Waals surface area contributed by atoms with Crippen LogP contribution in [-0.2, 0) is 23.9 Å². The Morgan fingerprint density at radius 1 is 0.897 bits per heavy atom. The van der Waals surface area contributed by atoms with E-state index in [1.54, 1.807) is 20.8 Å². The van der Waals surface area contributed by atoms with Crippen LogP contribution in [0.1, 0.15) is 40.0 Å². The zero-order chi connectivity index (χ0) is 22.4. The van der Waals surface area contributed by atoms with E-state index in [2.05, 4.69) is 21.3 Å². The number of hydrogen-bond donors (Lipinski definition) is 6. The Balaban J connectivity index is 4.10. The zero-order valence-corrected chi connectivity index (χ0v) is 17.0. The van der Waals surface area contributed by atoms with Gasteiger partial charge in [-0.25, -0.2) is 9.59 Å². The Morgan fingerprint density at radius 2 is 1.41 bits per heavy atom. The van der Waals surface area contributed by atoms with Gasteiger partial charge in [0, 0.05) is 0 Å². The van der Waals surface area contributed by atoms with Gasteiger partial charge in [-0.15, -0.1) is 0 Å². The number of hydrogen-bond acceptors (Lipinski definition) is 7. The molecule has 0 unspecified atom stereocenters. The predicted octanol–water partition coefficient (Wildman–Crippen LogP) is -1.56. The second-order valence-corrected chi connectivity index (χ2v) is 7.15. The molecule has 12 nitrogen and oxygen atoms in total. The molecule has 0 bridgehead atoms. The average molecular weight is 417 g/mol. The first-order valence-electron chi connectivity index (χ1n) is 9.17. The van der Waals surface area contributed by atoms with Gasteiger partial charge >= 0.3 is 12.1 Å². The zero-order valence-electron chi connectivity index (χ0n) is 17.0. The van der Waals surface area contributed by atoms with E-state index in [0.29, 0.717) is 19.4 Å². The molecule has 0 radical (unpaired) electrons. The molecule has 12 heteroatoms. The largest absolute Gasteiger partial charge is 0.480 e. The number of carboxylic acids is 1. The minimum Gasteiger partial charge on any atom is -0.480 e. The molecule has 0 rings (SSSR count). The van der Waals surface area contributed by atoms with Crippen molar-refractivity contribution in [1.82, 2.24) is 21.3 Å². The van der Waals surface area contributed by atoms with Crippen LogP contribution in [0, 0.1) is 0 Å². The van der Waals surface area contributed by atoms with Crippen molar-refractivity contribution in [3.8, 4) is 0 Å². The molecular weight excluding hydrogens is 386 g/mol. The van der Waals surface area contributed by atoms with Crippen molar-refractivity contribution in [1.29, 1.82) is 0 Å². The van der Waals surface area contributed by atoms with Crippen LogP contribution < -0.4 is 27.0 Å². The number of ether oxygens (including phenoxy) is 1. The fourth-order valence-electron chi connectivity index (χ4n) is 1.94. The van der Waals surface area contributed by atoms with Gasteiger partial charge in [-0.1, -0.05) is 0 Å². The summed E-state index contributed by atoms with van der Waals surface area (Å²) >= 11 is 0. The first-order chi connectivity index (χ1) is 13.4. The lowest BCUT2D eigenvalue weighted by molar-refractivity contribution is -0.142. The Bertz CT molecular complexity index is 589. The molecule has 0 saturated carbocycles. The van der Waals surface area contributed by atoms with Crippen LogP contribution in [0.15, 0.2) is 0 Å². The van der Waals surface area contributed by atoms with Crippen molar-refractivity contribution in [3.63, 3.8) is 0 Å². The van der Waals surface area contributed by atoms with Crippen molar-refractivity contribution in [3.05, 3.63) is 0 Å². The summed E-state index contributed by atoms with van der Waals surface area (Å²) in [5, 5.41) is 18.1. The lowest BCUT2D eigenvalue weighted by atomic mass is 10.1. The van der Waals surface area contributed by atoms with Gasteiger partial charge < -0.3 is 36.8 Å². The molecule has 0 aliphatic heterocycles. The molecule has 0 aliphatic carbocycles. The van der Waals surface area contributed by atoms with Gasteiger partial charge in [0.1, 0.15) is 18.2 Å². The van der Waals surface area contributed by atoms with Crippen LogP contribution in [0.2, 0.25) is 0 Å². The van der Waals surface area contributed by atoms with Gasteiger partial charge in [0.2, 0.25) is 17.7 Å². The summed E-state index contributed by atoms with van der Waals surface area (Å²) in [5.41, 5.74) is 4.64.